The maximum atomic E-state index is 13.5. The molecular formula is C24H23ClFN5O3. The number of benzene rings is 2. The number of aliphatic carboxylic acids is 1. The summed E-state index contributed by atoms with van der Waals surface area (Å²) < 4.78 is 19.4. The number of halogens is 2. The van der Waals surface area contributed by atoms with Gasteiger partial charge in [0.2, 0.25) is 0 Å². The van der Waals surface area contributed by atoms with Crippen molar-refractivity contribution in [2.24, 2.45) is 5.73 Å². The lowest BCUT2D eigenvalue weighted by atomic mass is 10.1. The maximum absolute atomic E-state index is 13.5. The Morgan fingerprint density at radius 3 is 2.79 bits per heavy atom. The van der Waals surface area contributed by atoms with Gasteiger partial charge >= 0.3 is 5.97 Å². The Labute approximate surface area is 200 Å². The number of fused-ring (bicyclic) bond motifs is 1. The maximum Gasteiger partial charge on any atom is 0.320 e. The van der Waals surface area contributed by atoms with Gasteiger partial charge in [-0.3, -0.25) is 10.1 Å². The molecule has 0 radical (unpaired) electrons. The summed E-state index contributed by atoms with van der Waals surface area (Å²) in [5.74, 6) is 0.341. The van der Waals surface area contributed by atoms with E-state index in [1.54, 1.807) is 12.1 Å². The van der Waals surface area contributed by atoms with E-state index < -0.39 is 17.8 Å². The topological polar surface area (TPSA) is 126 Å². The summed E-state index contributed by atoms with van der Waals surface area (Å²) in [5.41, 5.74) is 7.59. The first-order valence-electron chi connectivity index (χ1n) is 10.7. The second-order valence-electron chi connectivity index (χ2n) is 7.68. The number of nitrogens with one attached hydrogen (secondary N) is 2. The standard InChI is InChI=1S/C24H23ClFN5O3/c25-18-11-15(4-6-19(18)26)31-23-17-10-14(3-7-20(17)29-13-30-23)22-8-5-16(34-22)12-28-21(24(32)33)2-1-9-27/h3-8,10-11,13,21,28H,1-2,9,12,27H2,(H,32,33)(H,29,30,31). The molecule has 34 heavy (non-hydrogen) atoms. The van der Waals surface area contributed by atoms with Gasteiger partial charge in [-0.1, -0.05) is 11.6 Å². The zero-order chi connectivity index (χ0) is 24.1. The van der Waals surface area contributed by atoms with E-state index in [0.29, 0.717) is 47.9 Å². The van der Waals surface area contributed by atoms with Crippen LogP contribution in [0.3, 0.4) is 0 Å². The molecule has 0 amide bonds. The summed E-state index contributed by atoms with van der Waals surface area (Å²) in [6, 6.07) is 12.9. The number of carbonyl (C=O) groups is 1. The number of hydrogen-bond donors (Lipinski definition) is 4. The fourth-order valence-electron chi connectivity index (χ4n) is 3.51. The normalized spacial score (nSPS) is 12.1. The van der Waals surface area contributed by atoms with Gasteiger partial charge in [0.05, 0.1) is 17.1 Å². The lowest BCUT2D eigenvalue weighted by molar-refractivity contribution is -0.139. The van der Waals surface area contributed by atoms with Crippen molar-refractivity contribution in [3.63, 3.8) is 0 Å². The van der Waals surface area contributed by atoms with Crippen LogP contribution in [0.2, 0.25) is 5.02 Å². The van der Waals surface area contributed by atoms with Crippen LogP contribution in [0.15, 0.2) is 59.3 Å². The second kappa shape index (κ2) is 10.6. The predicted molar refractivity (Wildman–Crippen MR) is 128 cm³/mol. The Morgan fingerprint density at radius 1 is 1.18 bits per heavy atom. The van der Waals surface area contributed by atoms with Crippen LogP contribution in [0.5, 0.6) is 0 Å². The van der Waals surface area contributed by atoms with Gasteiger partial charge in [-0.25, -0.2) is 14.4 Å². The number of hydrogen-bond acceptors (Lipinski definition) is 7. The smallest absolute Gasteiger partial charge is 0.320 e. The summed E-state index contributed by atoms with van der Waals surface area (Å²) in [6.07, 6.45) is 2.50. The zero-order valence-electron chi connectivity index (χ0n) is 18.1. The molecule has 0 spiro atoms. The molecule has 2 aromatic carbocycles. The Balaban J connectivity index is 1.55. The molecule has 2 aromatic heterocycles. The van der Waals surface area contributed by atoms with Crippen LogP contribution in [0.25, 0.3) is 22.2 Å². The number of rotatable bonds is 10. The lowest BCUT2D eigenvalue weighted by Crippen LogP contribution is -2.36. The van der Waals surface area contributed by atoms with Gasteiger partial charge in [0.15, 0.2) is 0 Å². The Hall–Kier alpha value is -3.53. The fourth-order valence-corrected chi connectivity index (χ4v) is 3.69. The number of furan rings is 1. The van der Waals surface area contributed by atoms with E-state index in [9.17, 15) is 14.3 Å². The predicted octanol–water partition coefficient (Wildman–Crippen LogP) is 4.71. The minimum atomic E-state index is -0.919. The molecule has 5 N–H and O–H groups in total. The van der Waals surface area contributed by atoms with Crippen LogP contribution < -0.4 is 16.4 Å². The van der Waals surface area contributed by atoms with Crippen molar-refractivity contribution in [2.75, 3.05) is 11.9 Å². The van der Waals surface area contributed by atoms with Gasteiger partial charge in [-0.15, -0.1) is 0 Å². The van der Waals surface area contributed by atoms with E-state index in [2.05, 4.69) is 20.6 Å². The Morgan fingerprint density at radius 2 is 2.03 bits per heavy atom. The average Bonchev–Trinajstić information content (AvgIpc) is 3.30. The number of aromatic nitrogens is 2. The molecule has 0 saturated heterocycles. The minimum Gasteiger partial charge on any atom is -0.480 e. The highest BCUT2D eigenvalue weighted by atomic mass is 35.5. The van der Waals surface area contributed by atoms with E-state index in [1.165, 1.54) is 18.5 Å². The van der Waals surface area contributed by atoms with Crippen molar-refractivity contribution in [2.45, 2.75) is 25.4 Å². The van der Waals surface area contributed by atoms with E-state index in [0.717, 1.165) is 10.9 Å². The highest BCUT2D eigenvalue weighted by molar-refractivity contribution is 6.31. The first-order chi connectivity index (χ1) is 16.4. The zero-order valence-corrected chi connectivity index (χ0v) is 18.8. The van der Waals surface area contributed by atoms with E-state index >= 15 is 0 Å². The first-order valence-corrected chi connectivity index (χ1v) is 11.0. The quantitative estimate of drug-likeness (QED) is 0.255. The third-order valence-corrected chi connectivity index (χ3v) is 5.57. The van der Waals surface area contributed by atoms with Crippen molar-refractivity contribution >= 4 is 40.0 Å². The Bertz CT molecular complexity index is 1310. The lowest BCUT2D eigenvalue weighted by Gasteiger charge is -2.12. The molecule has 0 aliphatic carbocycles. The molecule has 10 heteroatoms. The van der Waals surface area contributed by atoms with Gasteiger partial charge in [0.25, 0.3) is 0 Å². The monoisotopic (exact) mass is 483 g/mol. The van der Waals surface area contributed by atoms with Crippen LogP contribution in [-0.4, -0.2) is 33.6 Å². The third kappa shape index (κ3) is 5.51. The molecule has 4 aromatic rings. The number of anilines is 2. The SMILES string of the molecule is NCCCC(NCc1ccc(-c2ccc3ncnc(Nc4ccc(F)c(Cl)c4)c3c2)o1)C(=O)O. The van der Waals surface area contributed by atoms with Gasteiger partial charge < -0.3 is 20.6 Å². The number of carboxylic acid groups (broad SMARTS) is 1. The molecule has 0 aliphatic rings. The molecule has 2 heterocycles. The van der Waals surface area contributed by atoms with Gasteiger partial charge in [0, 0.05) is 16.6 Å². The molecular weight excluding hydrogens is 461 g/mol. The highest BCUT2D eigenvalue weighted by Crippen LogP contribution is 2.30. The molecule has 4 rings (SSSR count). The molecule has 0 bridgehead atoms. The molecule has 8 nitrogen and oxygen atoms in total. The summed E-state index contributed by atoms with van der Waals surface area (Å²) in [6.45, 7) is 0.712. The molecule has 1 unspecified atom stereocenters. The summed E-state index contributed by atoms with van der Waals surface area (Å²) in [4.78, 5) is 20.0. The van der Waals surface area contributed by atoms with Crippen LogP contribution >= 0.6 is 11.6 Å². The molecule has 0 saturated carbocycles. The summed E-state index contributed by atoms with van der Waals surface area (Å²) in [5, 5.41) is 16.2. The van der Waals surface area contributed by atoms with Crippen LogP contribution in [0, 0.1) is 5.82 Å². The van der Waals surface area contributed by atoms with Crippen LogP contribution in [0.1, 0.15) is 18.6 Å². The van der Waals surface area contributed by atoms with Crippen LogP contribution in [0.4, 0.5) is 15.9 Å². The summed E-state index contributed by atoms with van der Waals surface area (Å²) >= 11 is 5.89. The number of carboxylic acids is 1. The molecule has 1 atom stereocenters. The number of nitrogens with two attached hydrogens (primary N) is 1. The highest BCUT2D eigenvalue weighted by Gasteiger charge is 2.17. The largest absolute Gasteiger partial charge is 0.480 e. The minimum absolute atomic E-state index is 0.00828. The third-order valence-electron chi connectivity index (χ3n) is 5.28. The van der Waals surface area contributed by atoms with Crippen molar-refractivity contribution in [1.29, 1.82) is 0 Å². The average molecular weight is 484 g/mol. The van der Waals surface area contributed by atoms with Gasteiger partial charge in [-0.05, 0) is 67.9 Å². The molecule has 0 fully saturated rings. The van der Waals surface area contributed by atoms with Crippen molar-refractivity contribution < 1.29 is 18.7 Å². The van der Waals surface area contributed by atoms with Crippen LogP contribution in [-0.2, 0) is 11.3 Å². The second-order valence-corrected chi connectivity index (χ2v) is 8.08. The van der Waals surface area contributed by atoms with Gasteiger partial charge in [0.1, 0.15) is 35.5 Å². The number of nitrogens with zero attached hydrogens (tertiary/aromatic N) is 2. The van der Waals surface area contributed by atoms with E-state index in [-0.39, 0.29) is 11.6 Å². The van der Waals surface area contributed by atoms with Crippen molar-refractivity contribution in [1.82, 2.24) is 15.3 Å². The first kappa shape index (κ1) is 23.6. The van der Waals surface area contributed by atoms with Crippen molar-refractivity contribution in [3.05, 3.63) is 71.5 Å². The van der Waals surface area contributed by atoms with Gasteiger partial charge in [-0.2, -0.15) is 0 Å². The molecule has 0 aliphatic heterocycles. The van der Waals surface area contributed by atoms with Crippen molar-refractivity contribution in [3.8, 4) is 11.3 Å². The van der Waals surface area contributed by atoms with E-state index in [4.69, 9.17) is 21.8 Å². The molecule has 176 valence electrons. The Kier molecular flexibility index (Phi) is 7.36. The van der Waals surface area contributed by atoms with E-state index in [1.807, 2.05) is 24.3 Å². The fraction of sp³-hybridized carbons (Fsp3) is 0.208. The summed E-state index contributed by atoms with van der Waals surface area (Å²) in [7, 11) is 0.